The number of aliphatic hydroxyl groups is 1. The fourth-order valence-electron chi connectivity index (χ4n) is 2.18. The molecule has 1 aromatic carbocycles. The van der Waals surface area contributed by atoms with Crippen molar-refractivity contribution in [2.24, 2.45) is 5.92 Å². The van der Waals surface area contributed by atoms with Gasteiger partial charge in [-0.2, -0.15) is 0 Å². The van der Waals surface area contributed by atoms with E-state index in [-0.39, 0.29) is 11.4 Å². The van der Waals surface area contributed by atoms with Crippen molar-refractivity contribution in [3.8, 4) is 0 Å². The van der Waals surface area contributed by atoms with Crippen molar-refractivity contribution in [1.29, 1.82) is 0 Å². The summed E-state index contributed by atoms with van der Waals surface area (Å²) in [6, 6.07) is 7.81. The Balaban J connectivity index is 2.90. The maximum absolute atomic E-state index is 11.8. The lowest BCUT2D eigenvalue weighted by Gasteiger charge is -2.22. The standard InChI is InChI=1S/C17H26O3/c1-6-14(16(19)20-7-2)15(18)12-8-10-13(11-9-12)17(3,4)5/h8-11,14-15,18H,6-7H2,1-5H3. The number of rotatable bonds is 5. The number of ether oxygens (including phenoxy) is 1. The zero-order valence-electron chi connectivity index (χ0n) is 13.1. The lowest BCUT2D eigenvalue weighted by atomic mass is 9.85. The average molecular weight is 278 g/mol. The summed E-state index contributed by atoms with van der Waals surface area (Å²) >= 11 is 0. The number of hydrogen-bond donors (Lipinski definition) is 1. The lowest BCUT2D eigenvalue weighted by molar-refractivity contribution is -0.152. The van der Waals surface area contributed by atoms with Gasteiger partial charge in [-0.05, 0) is 29.9 Å². The van der Waals surface area contributed by atoms with Gasteiger partial charge in [0.15, 0.2) is 0 Å². The van der Waals surface area contributed by atoms with Crippen LogP contribution in [0.2, 0.25) is 0 Å². The fourth-order valence-corrected chi connectivity index (χ4v) is 2.18. The number of hydrogen-bond acceptors (Lipinski definition) is 3. The lowest BCUT2D eigenvalue weighted by Crippen LogP contribution is -2.24. The minimum atomic E-state index is -0.812. The van der Waals surface area contributed by atoms with Crippen LogP contribution < -0.4 is 0 Å². The molecule has 1 aromatic rings. The van der Waals surface area contributed by atoms with E-state index in [2.05, 4.69) is 20.8 Å². The molecule has 0 spiro atoms. The highest BCUT2D eigenvalue weighted by Crippen LogP contribution is 2.28. The summed E-state index contributed by atoms with van der Waals surface area (Å²) in [7, 11) is 0. The number of aliphatic hydroxyl groups excluding tert-OH is 1. The maximum Gasteiger partial charge on any atom is 0.311 e. The van der Waals surface area contributed by atoms with Crippen molar-refractivity contribution < 1.29 is 14.6 Å². The molecule has 0 aromatic heterocycles. The van der Waals surface area contributed by atoms with Crippen LogP contribution in [0.4, 0.5) is 0 Å². The molecule has 0 bridgehead atoms. The Morgan fingerprint density at radius 3 is 2.15 bits per heavy atom. The van der Waals surface area contributed by atoms with Crippen LogP contribution in [0.1, 0.15) is 58.3 Å². The first-order valence-corrected chi connectivity index (χ1v) is 7.26. The number of carbonyl (C=O) groups excluding carboxylic acids is 1. The van der Waals surface area contributed by atoms with E-state index in [0.29, 0.717) is 13.0 Å². The van der Waals surface area contributed by atoms with E-state index in [1.165, 1.54) is 5.56 Å². The molecule has 0 heterocycles. The highest BCUT2D eigenvalue weighted by Gasteiger charge is 2.27. The first kappa shape index (κ1) is 16.7. The van der Waals surface area contributed by atoms with Gasteiger partial charge in [-0.1, -0.05) is 52.0 Å². The van der Waals surface area contributed by atoms with Crippen LogP contribution in [0, 0.1) is 5.92 Å². The van der Waals surface area contributed by atoms with E-state index in [0.717, 1.165) is 5.56 Å². The highest BCUT2D eigenvalue weighted by molar-refractivity contribution is 5.73. The van der Waals surface area contributed by atoms with E-state index in [4.69, 9.17) is 4.74 Å². The van der Waals surface area contributed by atoms with Crippen LogP contribution in [-0.2, 0) is 14.9 Å². The quantitative estimate of drug-likeness (QED) is 0.837. The van der Waals surface area contributed by atoms with Crippen molar-refractivity contribution in [1.82, 2.24) is 0 Å². The van der Waals surface area contributed by atoms with Crippen molar-refractivity contribution in [3.05, 3.63) is 35.4 Å². The van der Waals surface area contributed by atoms with Gasteiger partial charge in [0.25, 0.3) is 0 Å². The number of benzene rings is 1. The van der Waals surface area contributed by atoms with Crippen molar-refractivity contribution >= 4 is 5.97 Å². The van der Waals surface area contributed by atoms with Gasteiger partial charge in [0, 0.05) is 0 Å². The Labute approximate surface area is 122 Å². The normalized spacial score (nSPS) is 14.7. The van der Waals surface area contributed by atoms with Crippen molar-refractivity contribution in [3.63, 3.8) is 0 Å². The minimum absolute atomic E-state index is 0.0782. The summed E-state index contributed by atoms with van der Waals surface area (Å²) in [6.07, 6.45) is -0.255. The molecule has 2 atom stereocenters. The van der Waals surface area contributed by atoms with Gasteiger partial charge in [0.2, 0.25) is 0 Å². The third-order valence-corrected chi connectivity index (χ3v) is 3.53. The average Bonchev–Trinajstić information content (AvgIpc) is 2.39. The summed E-state index contributed by atoms with van der Waals surface area (Å²) < 4.78 is 5.02. The first-order valence-electron chi connectivity index (χ1n) is 7.26. The van der Waals surface area contributed by atoms with Crippen LogP contribution in [0.15, 0.2) is 24.3 Å². The summed E-state index contributed by atoms with van der Waals surface area (Å²) in [5, 5.41) is 10.4. The van der Waals surface area contributed by atoms with Gasteiger partial charge < -0.3 is 9.84 Å². The van der Waals surface area contributed by atoms with Gasteiger partial charge in [-0.25, -0.2) is 0 Å². The van der Waals surface area contributed by atoms with E-state index in [1.807, 2.05) is 31.2 Å². The van der Waals surface area contributed by atoms with Crippen LogP contribution in [-0.4, -0.2) is 17.7 Å². The predicted octanol–water partition coefficient (Wildman–Crippen LogP) is 3.61. The van der Waals surface area contributed by atoms with E-state index in [1.54, 1.807) is 6.92 Å². The van der Waals surface area contributed by atoms with Gasteiger partial charge in [-0.3, -0.25) is 4.79 Å². The van der Waals surface area contributed by atoms with Crippen LogP contribution in [0.3, 0.4) is 0 Å². The smallest absolute Gasteiger partial charge is 0.311 e. The third-order valence-electron chi connectivity index (χ3n) is 3.53. The maximum atomic E-state index is 11.8. The number of esters is 1. The van der Waals surface area contributed by atoms with Crippen molar-refractivity contribution in [2.45, 2.75) is 52.6 Å². The Hall–Kier alpha value is -1.35. The molecule has 0 aliphatic carbocycles. The minimum Gasteiger partial charge on any atom is -0.466 e. The zero-order valence-corrected chi connectivity index (χ0v) is 13.1. The summed E-state index contributed by atoms with van der Waals surface area (Å²) in [5.74, 6) is -0.835. The molecular formula is C17H26O3. The molecule has 1 N–H and O–H groups in total. The second-order valence-corrected chi connectivity index (χ2v) is 6.08. The van der Waals surface area contributed by atoms with Gasteiger partial charge in [-0.15, -0.1) is 0 Å². The largest absolute Gasteiger partial charge is 0.466 e. The first-order chi connectivity index (χ1) is 9.31. The van der Waals surface area contributed by atoms with Crippen LogP contribution >= 0.6 is 0 Å². The summed E-state index contributed by atoms with van der Waals surface area (Å²) in [5.41, 5.74) is 2.05. The molecule has 0 aliphatic rings. The van der Waals surface area contributed by atoms with Gasteiger partial charge >= 0.3 is 5.97 Å². The summed E-state index contributed by atoms with van der Waals surface area (Å²) in [6.45, 7) is 10.4. The molecule has 0 amide bonds. The van der Waals surface area contributed by atoms with Gasteiger partial charge in [0.05, 0.1) is 18.6 Å². The third kappa shape index (κ3) is 4.07. The fraction of sp³-hybridized carbons (Fsp3) is 0.588. The molecule has 0 saturated heterocycles. The predicted molar refractivity (Wildman–Crippen MR) is 80.5 cm³/mol. The number of carbonyl (C=O) groups is 1. The molecule has 0 aliphatic heterocycles. The molecular weight excluding hydrogens is 252 g/mol. The Bertz CT molecular complexity index is 429. The Morgan fingerprint density at radius 2 is 1.75 bits per heavy atom. The molecule has 2 unspecified atom stereocenters. The Morgan fingerprint density at radius 1 is 1.20 bits per heavy atom. The van der Waals surface area contributed by atoms with Crippen LogP contribution in [0.25, 0.3) is 0 Å². The van der Waals surface area contributed by atoms with Gasteiger partial charge in [0.1, 0.15) is 0 Å². The molecule has 0 saturated carbocycles. The van der Waals surface area contributed by atoms with E-state index < -0.39 is 12.0 Å². The topological polar surface area (TPSA) is 46.5 Å². The second kappa shape index (κ2) is 6.89. The molecule has 1 rings (SSSR count). The summed E-state index contributed by atoms with van der Waals surface area (Å²) in [4.78, 5) is 11.8. The van der Waals surface area contributed by atoms with Crippen LogP contribution in [0.5, 0.6) is 0 Å². The Kier molecular flexibility index (Phi) is 5.75. The molecule has 20 heavy (non-hydrogen) atoms. The van der Waals surface area contributed by atoms with Crippen molar-refractivity contribution in [2.75, 3.05) is 6.61 Å². The monoisotopic (exact) mass is 278 g/mol. The molecule has 0 fully saturated rings. The highest BCUT2D eigenvalue weighted by atomic mass is 16.5. The van der Waals surface area contributed by atoms with E-state index in [9.17, 15) is 9.90 Å². The zero-order chi connectivity index (χ0) is 15.3. The molecule has 0 radical (unpaired) electrons. The molecule has 3 nitrogen and oxygen atoms in total. The molecule has 3 heteroatoms. The molecule has 112 valence electrons. The second-order valence-electron chi connectivity index (χ2n) is 6.08. The van der Waals surface area contributed by atoms with E-state index >= 15 is 0 Å². The SMILES string of the molecule is CCOC(=O)C(CC)C(O)c1ccc(C(C)(C)C)cc1.